The highest BCUT2D eigenvalue weighted by atomic mass is 32.2. The maximum atomic E-state index is 14.0. The molecule has 0 spiro atoms. The summed E-state index contributed by atoms with van der Waals surface area (Å²) in [6.07, 6.45) is -7.19. The first-order chi connectivity index (χ1) is 14.9. The van der Waals surface area contributed by atoms with Crippen LogP contribution in [0.1, 0.15) is 46.3 Å². The molecule has 7 nitrogen and oxygen atoms in total. The summed E-state index contributed by atoms with van der Waals surface area (Å²) in [6, 6.07) is 3.40. The number of halogens is 5. The molecule has 1 aromatic carbocycles. The lowest BCUT2D eigenvalue weighted by molar-refractivity contribution is -0.171. The Hall–Kier alpha value is -2.41. The Balaban J connectivity index is 2.35. The van der Waals surface area contributed by atoms with Crippen molar-refractivity contribution in [3.63, 3.8) is 0 Å². The molecule has 186 valence electrons. The SMILES string of the molecule is CC(C)(C)OC(=O)N1C(CF)C(c2ccc(S(=O)(=CF)NC(=O)C(F)(F)F)cc2)OC1(C)C. The van der Waals surface area contributed by atoms with Crippen LogP contribution >= 0.6 is 0 Å². The molecule has 13 heteroatoms. The molecule has 1 aliphatic rings. The zero-order valence-electron chi connectivity index (χ0n) is 18.5. The van der Waals surface area contributed by atoms with Crippen molar-refractivity contribution in [3.05, 3.63) is 29.8 Å². The van der Waals surface area contributed by atoms with E-state index in [-0.39, 0.29) is 5.56 Å². The van der Waals surface area contributed by atoms with E-state index in [9.17, 15) is 35.8 Å². The highest BCUT2D eigenvalue weighted by Gasteiger charge is 2.52. The van der Waals surface area contributed by atoms with Crippen LogP contribution in [-0.2, 0) is 24.0 Å². The van der Waals surface area contributed by atoms with Crippen LogP contribution in [0, 0.1) is 0 Å². The molecule has 0 aliphatic carbocycles. The highest BCUT2D eigenvalue weighted by Crippen LogP contribution is 2.42. The summed E-state index contributed by atoms with van der Waals surface area (Å²) in [7, 11) is -4.33. The first kappa shape index (κ1) is 26.8. The van der Waals surface area contributed by atoms with Crippen LogP contribution in [0.2, 0.25) is 0 Å². The van der Waals surface area contributed by atoms with Gasteiger partial charge in [-0.3, -0.25) is 14.4 Å². The Morgan fingerprint density at radius 3 is 2.18 bits per heavy atom. The van der Waals surface area contributed by atoms with Gasteiger partial charge in [0.15, 0.2) is 5.62 Å². The second-order valence-corrected chi connectivity index (χ2v) is 10.8. The molecular weight excluding hydrogens is 475 g/mol. The molecule has 1 aliphatic heterocycles. The minimum absolute atomic E-state index is 0.281. The number of rotatable bonds is 4. The van der Waals surface area contributed by atoms with Crippen molar-refractivity contribution in [2.24, 2.45) is 0 Å². The van der Waals surface area contributed by atoms with Crippen LogP contribution in [0.5, 0.6) is 0 Å². The second-order valence-electron chi connectivity index (χ2n) is 8.74. The molecule has 0 saturated carbocycles. The number of benzene rings is 1. The van der Waals surface area contributed by atoms with E-state index in [4.69, 9.17) is 9.47 Å². The van der Waals surface area contributed by atoms with Crippen LogP contribution in [0.15, 0.2) is 29.2 Å². The fourth-order valence-electron chi connectivity index (χ4n) is 3.28. The molecular formula is C20H25F5N2O5S. The van der Waals surface area contributed by atoms with Gasteiger partial charge in [0.05, 0.1) is 10.9 Å². The number of carbonyl (C=O) groups excluding carboxylic acids is 2. The maximum absolute atomic E-state index is 14.0. The van der Waals surface area contributed by atoms with Crippen molar-refractivity contribution in [2.75, 3.05) is 6.67 Å². The van der Waals surface area contributed by atoms with Gasteiger partial charge in [-0.1, -0.05) is 12.1 Å². The smallest absolute Gasteiger partial charge is 0.444 e. The third-order valence-corrected chi connectivity index (χ3v) is 6.32. The van der Waals surface area contributed by atoms with Crippen molar-refractivity contribution in [2.45, 2.75) is 69.2 Å². The normalized spacial score (nSPS) is 22.4. The van der Waals surface area contributed by atoms with Crippen LogP contribution in [0.25, 0.3) is 0 Å². The molecule has 0 bridgehead atoms. The number of carbonyl (C=O) groups is 2. The quantitative estimate of drug-likeness (QED) is 0.383. The topological polar surface area (TPSA) is 84.9 Å². The van der Waals surface area contributed by atoms with Crippen molar-refractivity contribution in [1.29, 1.82) is 0 Å². The lowest BCUT2D eigenvalue weighted by atomic mass is 10.0. The summed E-state index contributed by atoms with van der Waals surface area (Å²) >= 11 is 0. The number of hydrogen-bond acceptors (Lipinski definition) is 5. The third-order valence-electron chi connectivity index (χ3n) is 4.61. The predicted molar refractivity (Wildman–Crippen MR) is 110 cm³/mol. The number of alkyl halides is 4. The highest BCUT2D eigenvalue weighted by molar-refractivity contribution is 7.99. The van der Waals surface area contributed by atoms with E-state index in [1.165, 1.54) is 26.0 Å². The molecule has 3 atom stereocenters. The molecule has 1 saturated heterocycles. The second kappa shape index (κ2) is 9.09. The Kier molecular flexibility index (Phi) is 7.39. The maximum Gasteiger partial charge on any atom is 0.472 e. The molecule has 2 amide bonds. The van der Waals surface area contributed by atoms with E-state index in [0.29, 0.717) is 0 Å². The zero-order valence-corrected chi connectivity index (χ0v) is 19.4. The predicted octanol–water partition coefficient (Wildman–Crippen LogP) is 4.04. The van der Waals surface area contributed by atoms with Gasteiger partial charge in [0, 0.05) is 0 Å². The number of hydrogen-bond donors (Lipinski definition) is 1. The Bertz CT molecular complexity index is 1010. The standard InChI is InChI=1S/C20H25F5N2O5S/c1-18(2,3)32-17(29)27-14(10-21)15(31-19(27,4)5)12-6-8-13(9-7-12)33(30,11-22)26-16(28)20(23,24)25/h6-9,11,14-15H,10H2,1-5H3,(H,26,28,30). The van der Waals surface area contributed by atoms with Crippen LogP contribution in [0.4, 0.5) is 26.7 Å². The van der Waals surface area contributed by atoms with Gasteiger partial charge < -0.3 is 9.47 Å². The first-order valence-corrected chi connectivity index (χ1v) is 11.3. The first-order valence-electron chi connectivity index (χ1n) is 9.68. The van der Waals surface area contributed by atoms with Gasteiger partial charge >= 0.3 is 18.2 Å². The van der Waals surface area contributed by atoms with Gasteiger partial charge in [-0.2, -0.15) is 13.2 Å². The summed E-state index contributed by atoms with van der Waals surface area (Å²) in [5.74, 6) is -2.57. The number of nitrogens with zero attached hydrogens (tertiary/aromatic N) is 1. The molecule has 1 aromatic rings. The average Bonchev–Trinajstić information content (AvgIpc) is 2.96. The van der Waals surface area contributed by atoms with E-state index >= 15 is 0 Å². The molecule has 33 heavy (non-hydrogen) atoms. The van der Waals surface area contributed by atoms with E-state index < -0.39 is 68.5 Å². The molecule has 3 unspecified atom stereocenters. The van der Waals surface area contributed by atoms with Gasteiger partial charge in [0.25, 0.3) is 0 Å². The van der Waals surface area contributed by atoms with Gasteiger partial charge in [-0.05, 0) is 52.3 Å². The van der Waals surface area contributed by atoms with Crippen molar-refractivity contribution < 1.29 is 45.2 Å². The van der Waals surface area contributed by atoms with E-state index in [1.54, 1.807) is 20.8 Å². The fourth-order valence-corrected chi connectivity index (χ4v) is 4.47. The Labute approximate surface area is 188 Å². The molecule has 2 rings (SSSR count). The van der Waals surface area contributed by atoms with Crippen LogP contribution < -0.4 is 4.72 Å². The number of ether oxygens (including phenoxy) is 2. The zero-order chi connectivity index (χ0) is 25.4. The largest absolute Gasteiger partial charge is 0.472 e. The minimum Gasteiger partial charge on any atom is -0.444 e. The van der Waals surface area contributed by atoms with E-state index in [2.05, 4.69) is 0 Å². The molecule has 0 radical (unpaired) electrons. The summed E-state index contributed by atoms with van der Waals surface area (Å²) in [4.78, 5) is 24.5. The summed E-state index contributed by atoms with van der Waals surface area (Å²) < 4.78 is 89.6. The summed E-state index contributed by atoms with van der Waals surface area (Å²) in [6.45, 7) is 6.99. The molecule has 0 aromatic heterocycles. The van der Waals surface area contributed by atoms with Crippen molar-refractivity contribution in [3.8, 4) is 0 Å². The van der Waals surface area contributed by atoms with E-state index in [0.717, 1.165) is 21.8 Å². The van der Waals surface area contributed by atoms with Crippen molar-refractivity contribution >= 4 is 27.3 Å². The van der Waals surface area contributed by atoms with Crippen LogP contribution in [-0.4, -0.2) is 56.9 Å². The number of amides is 2. The van der Waals surface area contributed by atoms with Crippen LogP contribution in [0.3, 0.4) is 0 Å². The summed E-state index contributed by atoms with van der Waals surface area (Å²) in [5.41, 5.74) is -2.38. The minimum atomic E-state index is -5.37. The Morgan fingerprint density at radius 2 is 1.76 bits per heavy atom. The lowest BCUT2D eigenvalue weighted by Gasteiger charge is -2.34. The third kappa shape index (κ3) is 5.94. The lowest BCUT2D eigenvalue weighted by Crippen LogP contribution is -2.50. The number of nitrogens with one attached hydrogen (secondary N) is 1. The van der Waals surface area contributed by atoms with Gasteiger partial charge in [0.1, 0.15) is 33.8 Å². The average molecular weight is 500 g/mol. The van der Waals surface area contributed by atoms with Crippen molar-refractivity contribution in [1.82, 2.24) is 9.62 Å². The Morgan fingerprint density at radius 1 is 1.21 bits per heavy atom. The monoisotopic (exact) mass is 500 g/mol. The molecule has 1 heterocycles. The van der Waals surface area contributed by atoms with E-state index in [1.807, 2.05) is 0 Å². The van der Waals surface area contributed by atoms with Gasteiger partial charge in [-0.15, -0.1) is 0 Å². The summed E-state index contributed by atoms with van der Waals surface area (Å²) in [5, 5.41) is 0. The van der Waals surface area contributed by atoms with Gasteiger partial charge in [-0.25, -0.2) is 17.8 Å². The fraction of sp³-hybridized carbons (Fsp3) is 0.550. The molecule has 1 N–H and O–H groups in total. The molecule has 1 fully saturated rings. The van der Waals surface area contributed by atoms with Gasteiger partial charge in [0.2, 0.25) is 0 Å².